The molecule has 5 aliphatic rings. The lowest BCUT2D eigenvalue weighted by Gasteiger charge is -2.33. The topological polar surface area (TPSA) is 115 Å². The molecule has 0 radical (unpaired) electrons. The van der Waals surface area contributed by atoms with Crippen molar-refractivity contribution < 1.29 is 36.2 Å². The number of benzene rings is 1. The monoisotopic (exact) mass is 770 g/mol. The minimum atomic E-state index is -5.00. The Morgan fingerprint density at radius 2 is 1.98 bits per heavy atom. The van der Waals surface area contributed by atoms with E-state index < -0.39 is 51.6 Å². The van der Waals surface area contributed by atoms with E-state index in [1.54, 1.807) is 16.6 Å². The Morgan fingerprint density at radius 3 is 2.73 bits per heavy atom. The van der Waals surface area contributed by atoms with E-state index in [0.717, 1.165) is 38.3 Å². The van der Waals surface area contributed by atoms with Gasteiger partial charge in [-0.15, -0.1) is 0 Å². The molecule has 1 aromatic carbocycles. The first-order valence-electron chi connectivity index (χ1n) is 17.4. The quantitative estimate of drug-likeness (QED) is 0.224. The van der Waals surface area contributed by atoms with Crippen molar-refractivity contribution in [2.45, 2.75) is 94.7 Å². The first-order valence-corrected chi connectivity index (χ1v) is 18.1. The number of nitrogen functional groups attached to an aromatic ring is 1. The van der Waals surface area contributed by atoms with Gasteiger partial charge in [-0.05, 0) is 44.7 Å². The molecule has 2 aromatic heterocycles. The molecule has 1 saturated carbocycles. The van der Waals surface area contributed by atoms with Crippen molar-refractivity contribution in [3.05, 3.63) is 55.7 Å². The lowest BCUT2D eigenvalue weighted by atomic mass is 9.93. The van der Waals surface area contributed by atoms with E-state index in [-0.39, 0.29) is 54.9 Å². The first-order chi connectivity index (χ1) is 24.7. The second-order valence-electron chi connectivity index (χ2n) is 14.4. The number of fused-ring (bicyclic) bond motifs is 3. The van der Waals surface area contributed by atoms with E-state index in [1.165, 1.54) is 0 Å². The van der Waals surface area contributed by atoms with E-state index in [9.17, 15) is 22.4 Å². The van der Waals surface area contributed by atoms with Crippen molar-refractivity contribution in [3.8, 4) is 6.01 Å². The zero-order chi connectivity index (χ0) is 36.7. The fourth-order valence-electron chi connectivity index (χ4n) is 8.24. The van der Waals surface area contributed by atoms with E-state index >= 15 is 4.39 Å². The van der Waals surface area contributed by atoms with Crippen molar-refractivity contribution in [2.75, 3.05) is 43.9 Å². The molecule has 52 heavy (non-hydrogen) atoms. The molecular formula is C34H37Cl2F5N8O3. The third kappa shape index (κ3) is 6.22. The minimum absolute atomic E-state index is 0.0502. The molecule has 0 unspecified atom stereocenters. The van der Waals surface area contributed by atoms with Crippen LogP contribution in [0.4, 0.5) is 33.5 Å². The molecule has 0 bridgehead atoms. The molecule has 0 spiro atoms. The molecule has 3 fully saturated rings. The highest BCUT2D eigenvalue weighted by Gasteiger charge is 2.50. The van der Waals surface area contributed by atoms with Gasteiger partial charge in [0.05, 0.1) is 57.5 Å². The number of nitrogens with zero attached hydrogens (tertiary/aromatic N) is 7. The van der Waals surface area contributed by atoms with Crippen LogP contribution in [-0.4, -0.2) is 86.5 Å². The van der Waals surface area contributed by atoms with Gasteiger partial charge >= 0.3 is 12.2 Å². The van der Waals surface area contributed by atoms with Crippen LogP contribution in [0.25, 0.3) is 0 Å². The molecule has 3 atom stereocenters. The van der Waals surface area contributed by atoms with Crippen LogP contribution in [-0.2, 0) is 37.0 Å². The van der Waals surface area contributed by atoms with Gasteiger partial charge in [-0.3, -0.25) is 14.4 Å². The molecule has 2 N–H and O–H groups in total. The zero-order valence-electron chi connectivity index (χ0n) is 28.3. The third-order valence-corrected chi connectivity index (χ3v) is 11.7. The van der Waals surface area contributed by atoms with Gasteiger partial charge in [0.1, 0.15) is 18.6 Å². The highest BCUT2D eigenvalue weighted by Crippen LogP contribution is 2.47. The normalized spacial score (nSPS) is 24.7. The molecule has 6 heterocycles. The largest absolute Gasteiger partial charge is 0.461 e. The number of hydrogen-bond donors (Lipinski definition) is 1. The molecular weight excluding hydrogens is 734 g/mol. The molecule has 4 aliphatic heterocycles. The summed E-state index contributed by atoms with van der Waals surface area (Å²) < 4.78 is 86.9. The number of carbonyl (C=O) groups excluding carboxylic acids is 1. The second-order valence-corrected chi connectivity index (χ2v) is 15.2. The predicted molar refractivity (Wildman–Crippen MR) is 181 cm³/mol. The highest BCUT2D eigenvalue weighted by atomic mass is 35.5. The summed E-state index contributed by atoms with van der Waals surface area (Å²) >= 11 is 12.8. The standard InChI is InChI=1S/C34H37Cl2F5N8O3/c1-46(18-4-5-18)31(50)29-27(36)23-14-47(7-3-9-49(23)45-29)30-19-15-51-24(25-26(34(39,40)41)20(35)10-21(42)28(25)38)11-22(19)43-32(44-30)52-16-33-6-2-8-48(33)13-17(37)12-33/h10,17-18,24H,2-9,11-16,42H2,1H3/t17-,24+,33+/m1/s1. The number of nitrogens with two attached hydrogens (primary N) is 1. The van der Waals surface area contributed by atoms with Crippen LogP contribution in [0, 0.1) is 5.82 Å². The molecule has 280 valence electrons. The Hall–Kier alpha value is -3.47. The van der Waals surface area contributed by atoms with Gasteiger partial charge in [-0.2, -0.15) is 28.2 Å². The maximum atomic E-state index is 15.5. The Bertz CT molecular complexity index is 1930. The van der Waals surface area contributed by atoms with Crippen molar-refractivity contribution in [3.63, 3.8) is 0 Å². The summed E-state index contributed by atoms with van der Waals surface area (Å²) in [4.78, 5) is 28.4. The van der Waals surface area contributed by atoms with Crippen LogP contribution in [0.15, 0.2) is 6.07 Å². The van der Waals surface area contributed by atoms with Gasteiger partial charge in [-0.1, -0.05) is 23.2 Å². The van der Waals surface area contributed by atoms with E-state index in [0.29, 0.717) is 55.2 Å². The van der Waals surface area contributed by atoms with Crippen LogP contribution < -0.4 is 15.4 Å². The van der Waals surface area contributed by atoms with E-state index in [1.807, 2.05) is 4.90 Å². The number of rotatable bonds is 7. The number of halogens is 7. The SMILES string of the molecule is CN(C(=O)c1nn2c(c1Cl)CN(c1nc(OC[C@@]34CCCN3C[C@H](F)C4)nc3c1CO[C@H](c1c(F)c(N)cc(Cl)c1C(F)(F)F)C3)CCC2)C1CC1. The van der Waals surface area contributed by atoms with Gasteiger partial charge < -0.3 is 25.0 Å². The number of carbonyl (C=O) groups is 1. The summed E-state index contributed by atoms with van der Waals surface area (Å²) in [6.07, 6.45) is -3.32. The number of hydrogen-bond acceptors (Lipinski definition) is 9. The molecule has 1 amide bonds. The lowest BCUT2D eigenvalue weighted by Crippen LogP contribution is -2.43. The van der Waals surface area contributed by atoms with Crippen LogP contribution >= 0.6 is 23.2 Å². The number of ether oxygens (including phenoxy) is 2. The number of aryl methyl sites for hydroxylation is 1. The Labute approximate surface area is 306 Å². The highest BCUT2D eigenvalue weighted by molar-refractivity contribution is 6.34. The summed E-state index contributed by atoms with van der Waals surface area (Å²) in [5.74, 6) is -1.14. The zero-order valence-corrected chi connectivity index (χ0v) is 29.8. The predicted octanol–water partition coefficient (Wildman–Crippen LogP) is 6.13. The van der Waals surface area contributed by atoms with E-state index in [2.05, 4.69) is 15.0 Å². The summed E-state index contributed by atoms with van der Waals surface area (Å²) in [5.41, 5.74) is 4.05. The van der Waals surface area contributed by atoms with Gasteiger partial charge in [-0.25, -0.2) is 8.78 Å². The third-order valence-electron chi connectivity index (χ3n) is 11.0. The molecule has 11 nitrogen and oxygen atoms in total. The summed E-state index contributed by atoms with van der Waals surface area (Å²) in [7, 11) is 1.74. The van der Waals surface area contributed by atoms with Crippen LogP contribution in [0.2, 0.25) is 10.0 Å². The fraction of sp³-hybridized carbons (Fsp3) is 0.588. The summed E-state index contributed by atoms with van der Waals surface area (Å²) in [6.45, 7) is 2.05. The van der Waals surface area contributed by atoms with Gasteiger partial charge in [0.2, 0.25) is 0 Å². The lowest BCUT2D eigenvalue weighted by molar-refractivity contribution is -0.140. The van der Waals surface area contributed by atoms with Gasteiger partial charge in [0, 0.05) is 56.7 Å². The van der Waals surface area contributed by atoms with Gasteiger partial charge in [0.25, 0.3) is 5.91 Å². The average molecular weight is 772 g/mol. The van der Waals surface area contributed by atoms with Crippen LogP contribution in [0.1, 0.15) is 83.2 Å². The Balaban J connectivity index is 1.16. The summed E-state index contributed by atoms with van der Waals surface area (Å²) in [6, 6.07) is 0.850. The Kier molecular flexibility index (Phi) is 8.98. The van der Waals surface area contributed by atoms with Gasteiger partial charge in [0.15, 0.2) is 11.5 Å². The molecule has 8 rings (SSSR count). The van der Waals surface area contributed by atoms with Crippen molar-refractivity contribution in [2.24, 2.45) is 0 Å². The molecule has 3 aromatic rings. The molecule has 18 heteroatoms. The number of anilines is 2. The van der Waals surface area contributed by atoms with Crippen molar-refractivity contribution >= 4 is 40.6 Å². The van der Waals surface area contributed by atoms with Crippen LogP contribution in [0.5, 0.6) is 6.01 Å². The second kappa shape index (κ2) is 13.1. The summed E-state index contributed by atoms with van der Waals surface area (Å²) in [5, 5.41) is 4.07. The number of alkyl halides is 4. The van der Waals surface area contributed by atoms with Crippen molar-refractivity contribution in [1.29, 1.82) is 0 Å². The smallest absolute Gasteiger partial charge is 0.418 e. The number of amides is 1. The molecule has 1 aliphatic carbocycles. The minimum Gasteiger partial charge on any atom is -0.461 e. The first kappa shape index (κ1) is 35.6. The maximum absolute atomic E-state index is 15.5. The van der Waals surface area contributed by atoms with Crippen LogP contribution in [0.3, 0.4) is 0 Å². The number of aromatic nitrogens is 4. The average Bonchev–Trinajstić information content (AvgIpc) is 3.77. The fourth-order valence-corrected chi connectivity index (χ4v) is 8.84. The Morgan fingerprint density at radius 1 is 1.19 bits per heavy atom. The maximum Gasteiger partial charge on any atom is 0.418 e. The van der Waals surface area contributed by atoms with Crippen molar-refractivity contribution in [1.82, 2.24) is 29.5 Å². The molecule has 2 saturated heterocycles. The van der Waals surface area contributed by atoms with E-state index in [4.69, 9.17) is 43.4 Å².